The monoisotopic (exact) mass is 304 g/mol. The van der Waals surface area contributed by atoms with Crippen molar-refractivity contribution in [1.29, 1.82) is 0 Å². The van der Waals surface area contributed by atoms with Crippen LogP contribution < -0.4 is 0 Å². The fourth-order valence-electron chi connectivity index (χ4n) is 1.60. The predicted octanol–water partition coefficient (Wildman–Crippen LogP) is 4.77. The summed E-state index contributed by atoms with van der Waals surface area (Å²) in [5.74, 6) is 0. The molecule has 0 atom stereocenters. The van der Waals surface area contributed by atoms with Crippen molar-refractivity contribution in [2.24, 2.45) is 0 Å². The Balaban J connectivity index is 2.81. The molecule has 3 heteroatoms. The van der Waals surface area contributed by atoms with Crippen LogP contribution in [0.25, 0.3) is 6.08 Å². The normalized spacial score (nSPS) is 13.4. The summed E-state index contributed by atoms with van der Waals surface area (Å²) in [6.45, 7) is 12.0. The fourth-order valence-corrected chi connectivity index (χ4v) is 2.55. The van der Waals surface area contributed by atoms with E-state index in [9.17, 15) is 0 Å². The van der Waals surface area contributed by atoms with Crippen LogP contribution in [-0.4, -0.2) is 20.0 Å². The summed E-state index contributed by atoms with van der Waals surface area (Å²) in [4.78, 5) is 0. The summed E-state index contributed by atoms with van der Waals surface area (Å²) in [6, 6.07) is 8.28. The zero-order valence-electron chi connectivity index (χ0n) is 13.9. The van der Waals surface area contributed by atoms with Gasteiger partial charge in [-0.1, -0.05) is 69.3 Å². The lowest BCUT2D eigenvalue weighted by molar-refractivity contribution is 0.276. The van der Waals surface area contributed by atoms with E-state index in [0.29, 0.717) is 6.61 Å². The molecule has 0 aliphatic carbocycles. The van der Waals surface area contributed by atoms with Gasteiger partial charge in [-0.2, -0.15) is 0 Å². The molecule has 1 N–H and O–H groups in total. The van der Waals surface area contributed by atoms with Gasteiger partial charge < -0.3 is 9.53 Å². The van der Waals surface area contributed by atoms with Gasteiger partial charge in [-0.3, -0.25) is 0 Å². The minimum atomic E-state index is -1.73. The van der Waals surface area contributed by atoms with E-state index in [1.165, 1.54) is 11.1 Å². The van der Waals surface area contributed by atoms with Crippen LogP contribution in [0.2, 0.25) is 18.1 Å². The molecule has 0 bridgehead atoms. The average molecular weight is 305 g/mol. The molecule has 2 nitrogen and oxygen atoms in total. The van der Waals surface area contributed by atoms with Gasteiger partial charge in [0.1, 0.15) is 0 Å². The topological polar surface area (TPSA) is 29.5 Å². The Labute approximate surface area is 130 Å². The van der Waals surface area contributed by atoms with E-state index in [4.69, 9.17) is 9.53 Å². The molecule has 0 saturated carbocycles. The van der Waals surface area contributed by atoms with Crippen LogP contribution in [0.4, 0.5) is 0 Å². The number of hydrogen-bond acceptors (Lipinski definition) is 2. The van der Waals surface area contributed by atoms with Gasteiger partial charge in [-0.25, -0.2) is 0 Å². The van der Waals surface area contributed by atoms with Crippen LogP contribution in [0.5, 0.6) is 0 Å². The van der Waals surface area contributed by atoms with Crippen LogP contribution >= 0.6 is 0 Å². The molecule has 1 aromatic rings. The Morgan fingerprint density at radius 1 is 1.14 bits per heavy atom. The third-order valence-corrected chi connectivity index (χ3v) is 8.56. The second-order valence-corrected chi connectivity index (χ2v) is 11.5. The molecule has 0 spiro atoms. The van der Waals surface area contributed by atoms with Gasteiger partial charge >= 0.3 is 0 Å². The van der Waals surface area contributed by atoms with Gasteiger partial charge in [-0.05, 0) is 29.3 Å². The highest BCUT2D eigenvalue weighted by Crippen LogP contribution is 2.37. The Morgan fingerprint density at radius 2 is 1.81 bits per heavy atom. The lowest BCUT2D eigenvalue weighted by Crippen LogP contribution is -2.40. The molecule has 0 fully saturated rings. The second-order valence-electron chi connectivity index (χ2n) is 6.72. The van der Waals surface area contributed by atoms with E-state index in [2.05, 4.69) is 52.1 Å². The van der Waals surface area contributed by atoms with Gasteiger partial charge in [0, 0.05) is 0 Å². The quantitative estimate of drug-likeness (QED) is 0.606. The third-order valence-electron chi connectivity index (χ3n) is 4.08. The largest absolute Gasteiger partial charge is 0.413 e. The summed E-state index contributed by atoms with van der Waals surface area (Å²) in [7, 11) is -1.73. The van der Waals surface area contributed by atoms with Crippen molar-refractivity contribution in [2.75, 3.05) is 6.61 Å². The maximum absolute atomic E-state index is 8.73. The van der Waals surface area contributed by atoms with Crippen molar-refractivity contribution in [2.45, 2.75) is 45.5 Å². The van der Waals surface area contributed by atoms with Crippen molar-refractivity contribution in [3.8, 4) is 0 Å². The molecule has 1 rings (SSSR count). The first kappa shape index (κ1) is 17.9. The molecule has 0 amide bonds. The average Bonchev–Trinajstić information content (AvgIpc) is 2.41. The van der Waals surface area contributed by atoms with Crippen molar-refractivity contribution >= 4 is 14.4 Å². The number of rotatable bonds is 6. The molecule has 0 aromatic heterocycles. The van der Waals surface area contributed by atoms with Crippen molar-refractivity contribution in [3.63, 3.8) is 0 Å². The molecule has 116 valence electrons. The van der Waals surface area contributed by atoms with Crippen LogP contribution in [0.1, 0.15) is 31.9 Å². The van der Waals surface area contributed by atoms with Crippen molar-refractivity contribution < 1.29 is 9.53 Å². The first-order valence-corrected chi connectivity index (χ1v) is 10.3. The predicted molar refractivity (Wildman–Crippen MR) is 93.7 cm³/mol. The Hall–Kier alpha value is -1.16. The van der Waals surface area contributed by atoms with Gasteiger partial charge in [0.15, 0.2) is 8.32 Å². The maximum Gasteiger partial charge on any atom is 0.192 e. The van der Waals surface area contributed by atoms with Gasteiger partial charge in [0.05, 0.1) is 13.2 Å². The Kier molecular flexibility index (Phi) is 6.59. The molecule has 0 aliphatic heterocycles. The summed E-state index contributed by atoms with van der Waals surface area (Å²) in [5, 5.41) is 8.96. The number of allylic oxidation sites excluding steroid dienone is 2. The smallest absolute Gasteiger partial charge is 0.192 e. The lowest BCUT2D eigenvalue weighted by atomic mass is 10.1. The van der Waals surface area contributed by atoms with Crippen LogP contribution in [-0.2, 0) is 11.0 Å². The second kappa shape index (κ2) is 7.73. The molecule has 0 radical (unpaired) electrons. The van der Waals surface area contributed by atoms with Gasteiger partial charge in [0.25, 0.3) is 0 Å². The van der Waals surface area contributed by atoms with Gasteiger partial charge in [-0.15, -0.1) is 0 Å². The summed E-state index contributed by atoms with van der Waals surface area (Å²) in [6.07, 6.45) is 7.56. The van der Waals surface area contributed by atoms with E-state index >= 15 is 0 Å². The molecule has 0 saturated heterocycles. The zero-order chi connectivity index (χ0) is 15.9. The molecule has 0 heterocycles. The first-order chi connectivity index (χ1) is 9.78. The van der Waals surface area contributed by atoms with Crippen LogP contribution in [0.15, 0.2) is 42.5 Å². The number of aliphatic hydroxyl groups excluding tert-OH is 1. The number of aliphatic hydroxyl groups is 1. The highest BCUT2D eigenvalue weighted by atomic mass is 28.4. The molecule has 1 aromatic carbocycles. The van der Waals surface area contributed by atoms with Crippen molar-refractivity contribution in [3.05, 3.63) is 53.6 Å². The first-order valence-electron chi connectivity index (χ1n) is 7.44. The Morgan fingerprint density at radius 3 is 2.43 bits per heavy atom. The molecule has 21 heavy (non-hydrogen) atoms. The molecular formula is C18H28O2Si. The third kappa shape index (κ3) is 5.62. The number of hydrogen-bond donors (Lipinski definition) is 1. The summed E-state index contributed by atoms with van der Waals surface area (Å²) in [5.41, 5.74) is 2.37. The highest BCUT2D eigenvalue weighted by molar-refractivity contribution is 6.74. The van der Waals surface area contributed by atoms with Crippen molar-refractivity contribution in [1.82, 2.24) is 0 Å². The number of benzene rings is 1. The minimum Gasteiger partial charge on any atom is -0.413 e. The van der Waals surface area contributed by atoms with Gasteiger partial charge in [0.2, 0.25) is 0 Å². The summed E-state index contributed by atoms with van der Waals surface area (Å²) >= 11 is 0. The standard InChI is InChI=1S/C18H28O2Si/c1-18(2,3)21(4,5)20-15-17-13-9-8-12-16(17)11-7-6-10-14-19/h6-13,19H,14-15H2,1-5H3/b10-6+,11-7+. The Bertz CT molecular complexity index is 496. The van der Waals surface area contributed by atoms with E-state index < -0.39 is 8.32 Å². The summed E-state index contributed by atoms with van der Waals surface area (Å²) < 4.78 is 6.30. The lowest BCUT2D eigenvalue weighted by Gasteiger charge is -2.36. The van der Waals surface area contributed by atoms with E-state index in [1.54, 1.807) is 6.08 Å². The minimum absolute atomic E-state index is 0.0699. The molecular weight excluding hydrogens is 276 g/mol. The maximum atomic E-state index is 8.73. The highest BCUT2D eigenvalue weighted by Gasteiger charge is 2.37. The van der Waals surface area contributed by atoms with Crippen LogP contribution in [0.3, 0.4) is 0 Å². The van der Waals surface area contributed by atoms with E-state index in [0.717, 1.165) is 0 Å². The molecule has 0 unspecified atom stereocenters. The van der Waals surface area contributed by atoms with Crippen LogP contribution in [0, 0.1) is 0 Å². The van der Waals surface area contributed by atoms with E-state index in [1.807, 2.05) is 24.3 Å². The fraction of sp³-hybridized carbons (Fsp3) is 0.444. The zero-order valence-corrected chi connectivity index (χ0v) is 14.9. The van der Waals surface area contributed by atoms with E-state index in [-0.39, 0.29) is 11.6 Å². The molecule has 0 aliphatic rings. The SMILES string of the molecule is CC(C)(C)[Si](C)(C)OCc1ccccc1/C=C/C=C/CO.